The van der Waals surface area contributed by atoms with Gasteiger partial charge in [0.15, 0.2) is 11.2 Å². The molecule has 0 fully saturated rings. The van der Waals surface area contributed by atoms with Gasteiger partial charge in [-0.15, -0.1) is 0 Å². The van der Waals surface area contributed by atoms with Crippen LogP contribution in [-0.2, 0) is 43.5 Å². The molecule has 0 atom stereocenters. The molecule has 1 radical (unpaired) electrons. The average molecular weight is 318 g/mol. The predicted molar refractivity (Wildman–Crippen MR) is 57.9 cm³/mol. The van der Waals surface area contributed by atoms with Crippen LogP contribution in [0.3, 0.4) is 0 Å². The zero-order valence-electron chi connectivity index (χ0n) is 8.48. The summed E-state index contributed by atoms with van der Waals surface area (Å²) in [5.41, 5.74) is 0.180. The minimum atomic E-state index is -0.360. The van der Waals surface area contributed by atoms with E-state index in [9.17, 15) is 9.59 Å². The Hall–Kier alpha value is -1.11. The minimum absolute atomic E-state index is 0. The van der Waals surface area contributed by atoms with Gasteiger partial charge in [-0.25, -0.2) is 9.78 Å². The molecule has 7 heteroatoms. The first-order chi connectivity index (χ1) is 6.54. The van der Waals surface area contributed by atoms with E-state index in [1.165, 1.54) is 17.9 Å². The van der Waals surface area contributed by atoms with Crippen LogP contribution in [0.15, 0.2) is 15.9 Å². The van der Waals surface area contributed by atoms with Crippen molar-refractivity contribution in [2.45, 2.75) is 7.43 Å². The van der Waals surface area contributed by atoms with Crippen molar-refractivity contribution < 1.29 is 22.4 Å². The molecule has 0 N–H and O–H groups in total. The molecule has 0 aliphatic carbocycles. The molecule has 2 aromatic heterocycles. The summed E-state index contributed by atoms with van der Waals surface area (Å²) >= 11 is 0. The van der Waals surface area contributed by atoms with Crippen LogP contribution in [0.1, 0.15) is 7.43 Å². The second-order valence-corrected chi connectivity index (χ2v) is 3.23. The summed E-state index contributed by atoms with van der Waals surface area (Å²) in [4.78, 5) is 27.2. The molecule has 2 rings (SSSR count). The molecule has 0 aliphatic heterocycles. The van der Waals surface area contributed by atoms with Crippen molar-refractivity contribution in [1.29, 1.82) is 0 Å². The monoisotopic (exact) mass is 317 g/mol. The van der Waals surface area contributed by atoms with Gasteiger partial charge in [0.1, 0.15) is 0 Å². The molecule has 93 valence electrons. The summed E-state index contributed by atoms with van der Waals surface area (Å²) < 4.78 is 4.04. The van der Waals surface area contributed by atoms with Gasteiger partial charge in [0, 0.05) is 43.5 Å². The molecule has 0 bridgehead atoms. The minimum Gasteiger partial charge on any atom is -0.328 e. The Morgan fingerprint density at radius 2 is 1.69 bits per heavy atom. The maximum Gasteiger partial charge on any atom is 0.332 e. The zero-order chi connectivity index (χ0) is 10.5. The number of aromatic nitrogens is 4. The van der Waals surface area contributed by atoms with E-state index in [0.717, 1.165) is 4.57 Å². The molecule has 0 unspecified atom stereocenters. The maximum absolute atomic E-state index is 11.7. The van der Waals surface area contributed by atoms with Crippen LogP contribution < -0.4 is 11.2 Å². The smallest absolute Gasteiger partial charge is 0.328 e. The van der Waals surface area contributed by atoms with Gasteiger partial charge in [0.25, 0.3) is 5.56 Å². The Labute approximate surface area is 108 Å². The first-order valence-corrected chi connectivity index (χ1v) is 4.11. The fourth-order valence-electron chi connectivity index (χ4n) is 1.47. The van der Waals surface area contributed by atoms with Gasteiger partial charge >= 0.3 is 5.69 Å². The van der Waals surface area contributed by atoms with Crippen LogP contribution in [-0.4, -0.2) is 18.7 Å². The van der Waals surface area contributed by atoms with Crippen molar-refractivity contribution in [2.24, 2.45) is 21.1 Å². The fraction of sp³-hybridized carbons (Fsp3) is 0.444. The van der Waals surface area contributed by atoms with Crippen molar-refractivity contribution in [1.82, 2.24) is 18.7 Å². The zero-order valence-corrected chi connectivity index (χ0v) is 9.97. The van der Waals surface area contributed by atoms with Crippen LogP contribution in [0.25, 0.3) is 11.2 Å². The standard InChI is InChI=1S/C8H10N4O2.CH4.Ag/c1-10-4-9-6-5(10)7(13)12(3)8(14)11(6)2;;/h4H,1-3H3;1H4;. The number of hydrogen-bond donors (Lipinski definition) is 0. The van der Waals surface area contributed by atoms with Gasteiger partial charge in [-0.05, 0) is 0 Å². The number of rotatable bonds is 0. The van der Waals surface area contributed by atoms with Gasteiger partial charge in [-0.3, -0.25) is 13.9 Å². The summed E-state index contributed by atoms with van der Waals surface area (Å²) in [5, 5.41) is 0. The summed E-state index contributed by atoms with van der Waals surface area (Å²) in [5.74, 6) is 0. The third-order valence-corrected chi connectivity index (χ3v) is 2.32. The molecule has 0 aromatic carbocycles. The van der Waals surface area contributed by atoms with E-state index in [4.69, 9.17) is 0 Å². The molecule has 0 saturated heterocycles. The van der Waals surface area contributed by atoms with Crippen LogP contribution in [0.4, 0.5) is 0 Å². The maximum atomic E-state index is 11.7. The number of aryl methyl sites for hydroxylation is 2. The molecule has 0 spiro atoms. The van der Waals surface area contributed by atoms with Crippen molar-refractivity contribution in [3.8, 4) is 0 Å². The van der Waals surface area contributed by atoms with Crippen LogP contribution in [0, 0.1) is 0 Å². The van der Waals surface area contributed by atoms with E-state index in [2.05, 4.69) is 4.98 Å². The summed E-state index contributed by atoms with van der Waals surface area (Å²) in [7, 11) is 4.77. The molecular weight excluding hydrogens is 304 g/mol. The number of imidazole rings is 1. The molecule has 2 heterocycles. The molecular formula is C9H14AgN4O2. The van der Waals surface area contributed by atoms with Gasteiger partial charge in [-0.2, -0.15) is 0 Å². The Morgan fingerprint density at radius 1 is 1.12 bits per heavy atom. The normalized spacial score (nSPS) is 9.69. The Kier molecular flexibility index (Phi) is 4.48. The third kappa shape index (κ3) is 1.79. The molecule has 0 saturated carbocycles. The Balaban J connectivity index is 0.00000112. The Morgan fingerprint density at radius 3 is 2.25 bits per heavy atom. The molecule has 2 aromatic rings. The molecule has 0 aliphatic rings. The second-order valence-electron chi connectivity index (χ2n) is 3.23. The van der Waals surface area contributed by atoms with E-state index < -0.39 is 0 Å². The summed E-state index contributed by atoms with van der Waals surface area (Å²) in [6.07, 6.45) is 1.52. The average Bonchev–Trinajstić information content (AvgIpc) is 2.54. The first kappa shape index (κ1) is 14.9. The molecule has 16 heavy (non-hydrogen) atoms. The van der Waals surface area contributed by atoms with Crippen molar-refractivity contribution in [3.63, 3.8) is 0 Å². The fourth-order valence-corrected chi connectivity index (χ4v) is 1.47. The van der Waals surface area contributed by atoms with Crippen molar-refractivity contribution in [2.75, 3.05) is 0 Å². The number of fused-ring (bicyclic) bond motifs is 1. The third-order valence-electron chi connectivity index (χ3n) is 2.32. The van der Waals surface area contributed by atoms with Crippen molar-refractivity contribution >= 4 is 11.2 Å². The summed E-state index contributed by atoms with van der Waals surface area (Å²) in [6.45, 7) is 0. The van der Waals surface area contributed by atoms with E-state index >= 15 is 0 Å². The number of hydrogen-bond acceptors (Lipinski definition) is 3. The van der Waals surface area contributed by atoms with Crippen LogP contribution in [0.2, 0.25) is 0 Å². The molecule has 0 amide bonds. The SMILES string of the molecule is C.Cn1c(=O)c2c(ncn2C)n(C)c1=O.[Ag]. The van der Waals surface area contributed by atoms with E-state index in [-0.39, 0.29) is 41.1 Å². The predicted octanol–water partition coefficient (Wildman–Crippen LogP) is -0.396. The van der Waals surface area contributed by atoms with E-state index in [1.807, 2.05) is 0 Å². The molecule has 6 nitrogen and oxygen atoms in total. The quantitative estimate of drug-likeness (QED) is 0.621. The van der Waals surface area contributed by atoms with Crippen LogP contribution >= 0.6 is 0 Å². The van der Waals surface area contributed by atoms with Crippen LogP contribution in [0.5, 0.6) is 0 Å². The Bertz CT molecular complexity index is 623. The second kappa shape index (κ2) is 4.82. The van der Waals surface area contributed by atoms with E-state index in [1.54, 1.807) is 18.7 Å². The largest absolute Gasteiger partial charge is 0.332 e. The van der Waals surface area contributed by atoms with Gasteiger partial charge < -0.3 is 4.57 Å². The van der Waals surface area contributed by atoms with E-state index in [0.29, 0.717) is 11.2 Å². The summed E-state index contributed by atoms with van der Waals surface area (Å²) in [6, 6.07) is 0. The van der Waals surface area contributed by atoms with Gasteiger partial charge in [-0.1, -0.05) is 7.43 Å². The topological polar surface area (TPSA) is 61.8 Å². The van der Waals surface area contributed by atoms with Crippen molar-refractivity contribution in [3.05, 3.63) is 27.2 Å². The van der Waals surface area contributed by atoms with Gasteiger partial charge in [0.2, 0.25) is 0 Å². The number of nitrogens with zero attached hydrogens (tertiary/aromatic N) is 4. The first-order valence-electron chi connectivity index (χ1n) is 4.11. The van der Waals surface area contributed by atoms with Gasteiger partial charge in [0.05, 0.1) is 6.33 Å².